The molecule has 0 radical (unpaired) electrons. The molecular weight excluding hydrogens is 527 g/mol. The normalized spacial score (nSPS) is 13.2. The van der Waals surface area contributed by atoms with E-state index in [0.29, 0.717) is 28.1 Å². The van der Waals surface area contributed by atoms with E-state index in [1.54, 1.807) is 30.9 Å². The third-order valence-corrected chi connectivity index (χ3v) is 6.55. The smallest absolute Gasteiger partial charge is 0.303 e. The zero-order valence-corrected chi connectivity index (χ0v) is 22.6. The molecule has 194 valence electrons. The Balaban J connectivity index is 1.69. The number of alkyl halides is 1. The standard InChI is InChI=1S/C26H29Cl3N2O5/c1-17(32)36-22(13-31-9-8-30-16-31)15-34-21-6-4-18(5-7-21)26(2,3)19-10-23(28)25(24(29)11-19)35-14-20(33)12-27/h4-11,16,20,22,33H,12-15H2,1-3H3/t20-,22+/m0/s1. The topological polar surface area (TPSA) is 82.8 Å². The molecule has 0 spiro atoms. The summed E-state index contributed by atoms with van der Waals surface area (Å²) in [7, 11) is 0. The number of carbonyl (C=O) groups excluding carboxylic acids is 1. The zero-order valence-electron chi connectivity index (χ0n) is 20.3. The molecule has 2 atom stereocenters. The van der Waals surface area contributed by atoms with E-state index in [4.69, 9.17) is 49.0 Å². The van der Waals surface area contributed by atoms with Crippen LogP contribution < -0.4 is 9.47 Å². The number of halogens is 3. The minimum absolute atomic E-state index is 0.00617. The van der Waals surface area contributed by atoms with Gasteiger partial charge in [0.25, 0.3) is 0 Å². The number of aliphatic hydroxyl groups excluding tert-OH is 1. The van der Waals surface area contributed by atoms with E-state index in [1.165, 1.54) is 6.92 Å². The summed E-state index contributed by atoms with van der Waals surface area (Å²) in [5, 5.41) is 10.3. The predicted octanol–water partition coefficient (Wildman–Crippen LogP) is 5.51. The van der Waals surface area contributed by atoms with Crippen LogP contribution in [0.25, 0.3) is 0 Å². The van der Waals surface area contributed by atoms with Crippen LogP contribution in [0.3, 0.4) is 0 Å². The van der Waals surface area contributed by atoms with Crippen molar-refractivity contribution in [3.63, 3.8) is 0 Å². The van der Waals surface area contributed by atoms with E-state index in [-0.39, 0.29) is 25.1 Å². The molecule has 0 amide bonds. The van der Waals surface area contributed by atoms with Crippen molar-refractivity contribution in [2.75, 3.05) is 19.1 Å². The molecular formula is C26H29Cl3N2O5. The number of aliphatic hydroxyl groups is 1. The molecule has 0 aliphatic rings. The molecule has 0 saturated carbocycles. The lowest BCUT2D eigenvalue weighted by Crippen LogP contribution is -2.28. The highest BCUT2D eigenvalue weighted by Gasteiger charge is 2.26. The summed E-state index contributed by atoms with van der Waals surface area (Å²) in [5.74, 6) is 0.637. The Hall–Kier alpha value is -2.45. The van der Waals surface area contributed by atoms with Gasteiger partial charge >= 0.3 is 5.97 Å². The number of ether oxygens (including phenoxy) is 3. The van der Waals surface area contributed by atoms with Gasteiger partial charge in [0.1, 0.15) is 25.1 Å². The van der Waals surface area contributed by atoms with Gasteiger partial charge in [-0.25, -0.2) is 4.98 Å². The SMILES string of the molecule is CC(=O)O[C@@H](COc1ccc(C(C)(C)c2cc(Cl)c(OC[C@@H](O)CCl)c(Cl)c2)cc1)Cn1ccnc1. The van der Waals surface area contributed by atoms with Gasteiger partial charge in [0.05, 0.1) is 28.8 Å². The minimum Gasteiger partial charge on any atom is -0.490 e. The quantitative estimate of drug-likeness (QED) is 0.235. The lowest BCUT2D eigenvalue weighted by atomic mass is 9.78. The van der Waals surface area contributed by atoms with Crippen molar-refractivity contribution in [2.45, 2.75) is 44.9 Å². The first-order valence-electron chi connectivity index (χ1n) is 11.3. The highest BCUT2D eigenvalue weighted by atomic mass is 35.5. The Bertz CT molecular complexity index is 1110. The highest BCUT2D eigenvalue weighted by molar-refractivity contribution is 6.37. The summed E-state index contributed by atoms with van der Waals surface area (Å²) in [4.78, 5) is 15.5. The summed E-state index contributed by atoms with van der Waals surface area (Å²) < 4.78 is 18.7. The van der Waals surface area contributed by atoms with Crippen molar-refractivity contribution in [1.29, 1.82) is 0 Å². The second-order valence-electron chi connectivity index (χ2n) is 8.84. The van der Waals surface area contributed by atoms with Crippen LogP contribution in [0.4, 0.5) is 0 Å². The monoisotopic (exact) mass is 554 g/mol. The molecule has 1 N–H and O–H groups in total. The van der Waals surface area contributed by atoms with E-state index < -0.39 is 17.6 Å². The fourth-order valence-corrected chi connectivity index (χ4v) is 4.28. The third-order valence-electron chi connectivity index (χ3n) is 5.64. The van der Waals surface area contributed by atoms with Crippen LogP contribution in [0.15, 0.2) is 55.1 Å². The lowest BCUT2D eigenvalue weighted by molar-refractivity contribution is -0.148. The average molecular weight is 556 g/mol. The van der Waals surface area contributed by atoms with Crippen molar-refractivity contribution in [3.8, 4) is 11.5 Å². The summed E-state index contributed by atoms with van der Waals surface area (Å²) in [6.07, 6.45) is 3.86. The maximum absolute atomic E-state index is 11.5. The van der Waals surface area contributed by atoms with Crippen LogP contribution in [0.2, 0.25) is 10.0 Å². The van der Waals surface area contributed by atoms with E-state index in [2.05, 4.69) is 18.8 Å². The molecule has 1 heterocycles. The van der Waals surface area contributed by atoms with Gasteiger partial charge in [-0.2, -0.15) is 0 Å². The minimum atomic E-state index is -0.814. The Labute approximate surface area is 225 Å². The first kappa shape index (κ1) is 28.1. The number of hydrogen-bond acceptors (Lipinski definition) is 6. The van der Waals surface area contributed by atoms with Crippen LogP contribution in [0.1, 0.15) is 31.9 Å². The van der Waals surface area contributed by atoms with Crippen molar-refractivity contribution < 1.29 is 24.1 Å². The second kappa shape index (κ2) is 12.7. The van der Waals surface area contributed by atoms with Crippen LogP contribution >= 0.6 is 34.8 Å². The van der Waals surface area contributed by atoms with Crippen molar-refractivity contribution >= 4 is 40.8 Å². The highest BCUT2D eigenvalue weighted by Crippen LogP contribution is 2.40. The molecule has 0 fully saturated rings. The number of rotatable bonds is 12. The number of aromatic nitrogens is 2. The van der Waals surface area contributed by atoms with Gasteiger partial charge < -0.3 is 23.9 Å². The molecule has 0 unspecified atom stereocenters. The number of esters is 1. The van der Waals surface area contributed by atoms with E-state index >= 15 is 0 Å². The van der Waals surface area contributed by atoms with Gasteiger partial charge in [-0.3, -0.25) is 4.79 Å². The summed E-state index contributed by atoms with van der Waals surface area (Å²) >= 11 is 18.5. The molecule has 0 aliphatic heterocycles. The van der Waals surface area contributed by atoms with Crippen LogP contribution in [0.5, 0.6) is 11.5 Å². The molecule has 1 aromatic heterocycles. The Morgan fingerprint density at radius 3 is 2.31 bits per heavy atom. The fourth-order valence-electron chi connectivity index (χ4n) is 3.59. The molecule has 0 saturated heterocycles. The Morgan fingerprint density at radius 2 is 1.75 bits per heavy atom. The number of benzene rings is 2. The molecule has 0 bridgehead atoms. The van der Waals surface area contributed by atoms with Crippen molar-refractivity contribution in [3.05, 3.63) is 76.3 Å². The number of nitrogens with zero attached hydrogens (tertiary/aromatic N) is 2. The van der Waals surface area contributed by atoms with Gasteiger partial charge in [-0.05, 0) is 35.4 Å². The van der Waals surface area contributed by atoms with Crippen molar-refractivity contribution in [2.24, 2.45) is 0 Å². The molecule has 2 aromatic carbocycles. The second-order valence-corrected chi connectivity index (χ2v) is 9.96. The van der Waals surface area contributed by atoms with E-state index in [0.717, 1.165) is 11.1 Å². The maximum atomic E-state index is 11.5. The van der Waals surface area contributed by atoms with Gasteiger partial charge in [0.2, 0.25) is 0 Å². The molecule has 3 aromatic rings. The summed E-state index contributed by atoms with van der Waals surface area (Å²) in [5.41, 5.74) is 1.48. The first-order valence-corrected chi connectivity index (χ1v) is 12.6. The maximum Gasteiger partial charge on any atom is 0.303 e. The van der Waals surface area contributed by atoms with Gasteiger partial charge in [-0.15, -0.1) is 11.6 Å². The van der Waals surface area contributed by atoms with Crippen LogP contribution in [-0.4, -0.2) is 51.9 Å². The van der Waals surface area contributed by atoms with Crippen LogP contribution in [-0.2, 0) is 21.5 Å². The predicted molar refractivity (Wildman–Crippen MR) is 141 cm³/mol. The fraction of sp³-hybridized carbons (Fsp3) is 0.385. The molecule has 36 heavy (non-hydrogen) atoms. The largest absolute Gasteiger partial charge is 0.490 e. The van der Waals surface area contributed by atoms with Gasteiger partial charge in [-0.1, -0.05) is 49.2 Å². The first-order chi connectivity index (χ1) is 17.1. The molecule has 0 aliphatic carbocycles. The van der Waals surface area contributed by atoms with Gasteiger partial charge in [0, 0.05) is 24.7 Å². The summed E-state index contributed by atoms with van der Waals surface area (Å²) in [6, 6.07) is 11.3. The lowest BCUT2D eigenvalue weighted by Gasteiger charge is -2.27. The number of hydrogen-bond donors (Lipinski definition) is 1. The van der Waals surface area contributed by atoms with E-state index in [9.17, 15) is 9.90 Å². The molecule has 7 nitrogen and oxygen atoms in total. The number of carbonyl (C=O) groups is 1. The van der Waals surface area contributed by atoms with Crippen molar-refractivity contribution in [1.82, 2.24) is 9.55 Å². The van der Waals surface area contributed by atoms with Gasteiger partial charge in [0.15, 0.2) is 11.9 Å². The third kappa shape index (κ3) is 7.53. The summed E-state index contributed by atoms with van der Waals surface area (Å²) in [6.45, 7) is 6.13. The Morgan fingerprint density at radius 1 is 1.08 bits per heavy atom. The molecule has 10 heteroatoms. The van der Waals surface area contributed by atoms with E-state index in [1.807, 2.05) is 28.8 Å². The Kier molecular flexibility index (Phi) is 9.91. The number of imidazole rings is 1. The van der Waals surface area contributed by atoms with Crippen LogP contribution in [0, 0.1) is 0 Å². The average Bonchev–Trinajstić information content (AvgIpc) is 3.34. The zero-order chi connectivity index (χ0) is 26.3. The molecule has 3 rings (SSSR count).